The van der Waals surface area contributed by atoms with E-state index in [0.29, 0.717) is 5.41 Å². The Kier molecular flexibility index (Phi) is 5.62. The Labute approximate surface area is 95.0 Å². The Balaban J connectivity index is 1.89. The SMILES string of the molecule is CC(C)C1(CNCCCCCCN)CC1. The van der Waals surface area contributed by atoms with Crippen LogP contribution in [0.1, 0.15) is 52.4 Å². The average Bonchev–Trinajstić information content (AvgIpc) is 2.98. The zero-order valence-corrected chi connectivity index (χ0v) is 10.5. The molecule has 1 aliphatic rings. The molecule has 90 valence electrons. The van der Waals surface area contributed by atoms with E-state index in [1.165, 1.54) is 51.6 Å². The third-order valence-electron chi connectivity index (χ3n) is 3.90. The number of unbranched alkanes of at least 4 members (excludes halogenated alkanes) is 3. The first kappa shape index (κ1) is 13.0. The van der Waals surface area contributed by atoms with Gasteiger partial charge in [-0.25, -0.2) is 0 Å². The second-order valence-corrected chi connectivity index (χ2v) is 5.40. The van der Waals surface area contributed by atoms with E-state index in [-0.39, 0.29) is 0 Å². The molecule has 3 N–H and O–H groups in total. The van der Waals surface area contributed by atoms with Crippen LogP contribution in [0.15, 0.2) is 0 Å². The highest BCUT2D eigenvalue weighted by Gasteiger charge is 2.44. The zero-order chi connectivity index (χ0) is 11.1. The summed E-state index contributed by atoms with van der Waals surface area (Å²) in [5.41, 5.74) is 6.12. The van der Waals surface area contributed by atoms with Crippen LogP contribution in [0, 0.1) is 11.3 Å². The summed E-state index contributed by atoms with van der Waals surface area (Å²) >= 11 is 0. The summed E-state index contributed by atoms with van der Waals surface area (Å²) in [6, 6.07) is 0. The number of rotatable bonds is 9. The quantitative estimate of drug-likeness (QED) is 0.576. The van der Waals surface area contributed by atoms with Crippen LogP contribution in [0.2, 0.25) is 0 Å². The summed E-state index contributed by atoms with van der Waals surface area (Å²) < 4.78 is 0. The smallest absolute Gasteiger partial charge is 0.00103 e. The van der Waals surface area contributed by atoms with Crippen LogP contribution in [-0.4, -0.2) is 19.6 Å². The molecule has 0 unspecified atom stereocenters. The molecule has 0 amide bonds. The predicted molar refractivity (Wildman–Crippen MR) is 66.9 cm³/mol. The Bertz CT molecular complexity index is 162. The molecule has 0 bridgehead atoms. The molecule has 1 saturated carbocycles. The minimum Gasteiger partial charge on any atom is -0.330 e. The minimum atomic E-state index is 0.664. The van der Waals surface area contributed by atoms with Gasteiger partial charge in [0.2, 0.25) is 0 Å². The van der Waals surface area contributed by atoms with E-state index in [0.717, 1.165) is 12.5 Å². The van der Waals surface area contributed by atoms with Gasteiger partial charge in [-0.3, -0.25) is 0 Å². The lowest BCUT2D eigenvalue weighted by Gasteiger charge is -2.20. The first-order valence-corrected chi connectivity index (χ1v) is 6.62. The fraction of sp³-hybridized carbons (Fsp3) is 1.00. The zero-order valence-electron chi connectivity index (χ0n) is 10.5. The topological polar surface area (TPSA) is 38.0 Å². The molecule has 1 rings (SSSR count). The molecule has 1 aliphatic carbocycles. The molecule has 2 nitrogen and oxygen atoms in total. The number of nitrogens with two attached hydrogens (primary N) is 1. The lowest BCUT2D eigenvalue weighted by Crippen LogP contribution is -2.28. The van der Waals surface area contributed by atoms with Crippen LogP contribution in [0.5, 0.6) is 0 Å². The van der Waals surface area contributed by atoms with Gasteiger partial charge in [0.25, 0.3) is 0 Å². The maximum atomic E-state index is 5.45. The fourth-order valence-corrected chi connectivity index (χ4v) is 2.20. The molecule has 0 aliphatic heterocycles. The summed E-state index contributed by atoms with van der Waals surface area (Å²) in [6.07, 6.45) is 8.01. The predicted octanol–water partition coefficient (Wildman–Crippen LogP) is 2.53. The van der Waals surface area contributed by atoms with Gasteiger partial charge in [0.05, 0.1) is 0 Å². The Morgan fingerprint density at radius 1 is 1.13 bits per heavy atom. The molecule has 0 saturated heterocycles. The van der Waals surface area contributed by atoms with Crippen LogP contribution >= 0.6 is 0 Å². The van der Waals surface area contributed by atoms with Gasteiger partial charge in [-0.2, -0.15) is 0 Å². The van der Waals surface area contributed by atoms with Gasteiger partial charge in [-0.05, 0) is 50.1 Å². The first-order chi connectivity index (χ1) is 7.21. The maximum absolute atomic E-state index is 5.45. The average molecular weight is 212 g/mol. The molecule has 2 heteroatoms. The molecule has 0 aromatic rings. The third-order valence-corrected chi connectivity index (χ3v) is 3.90. The molecule has 15 heavy (non-hydrogen) atoms. The van der Waals surface area contributed by atoms with Crippen molar-refractivity contribution in [1.82, 2.24) is 5.32 Å². The highest BCUT2D eigenvalue weighted by molar-refractivity contribution is 4.96. The maximum Gasteiger partial charge on any atom is 0.00103 e. The molecular formula is C13H28N2. The van der Waals surface area contributed by atoms with Gasteiger partial charge in [0.15, 0.2) is 0 Å². The third kappa shape index (κ3) is 4.52. The Morgan fingerprint density at radius 3 is 2.33 bits per heavy atom. The molecule has 0 aromatic heterocycles. The lowest BCUT2D eigenvalue weighted by molar-refractivity contribution is 0.337. The Hall–Kier alpha value is -0.0800. The van der Waals surface area contributed by atoms with Crippen molar-refractivity contribution < 1.29 is 0 Å². The van der Waals surface area contributed by atoms with Crippen LogP contribution < -0.4 is 11.1 Å². The molecular weight excluding hydrogens is 184 g/mol. The van der Waals surface area contributed by atoms with Crippen LogP contribution in [0.3, 0.4) is 0 Å². The van der Waals surface area contributed by atoms with E-state index in [1.807, 2.05) is 0 Å². The van der Waals surface area contributed by atoms with Crippen molar-refractivity contribution in [2.45, 2.75) is 52.4 Å². The number of hydrogen-bond acceptors (Lipinski definition) is 2. The normalized spacial score (nSPS) is 18.4. The molecule has 0 spiro atoms. The fourth-order valence-electron chi connectivity index (χ4n) is 2.20. The number of hydrogen-bond donors (Lipinski definition) is 2. The van der Waals surface area contributed by atoms with Crippen molar-refractivity contribution in [3.8, 4) is 0 Å². The molecule has 0 atom stereocenters. The van der Waals surface area contributed by atoms with Gasteiger partial charge in [0.1, 0.15) is 0 Å². The van der Waals surface area contributed by atoms with Crippen LogP contribution in [0.4, 0.5) is 0 Å². The molecule has 0 radical (unpaired) electrons. The summed E-state index contributed by atoms with van der Waals surface area (Å²) in [5.74, 6) is 0.849. The van der Waals surface area contributed by atoms with Gasteiger partial charge >= 0.3 is 0 Å². The van der Waals surface area contributed by atoms with Crippen LogP contribution in [0.25, 0.3) is 0 Å². The second kappa shape index (κ2) is 6.49. The van der Waals surface area contributed by atoms with Gasteiger partial charge in [-0.15, -0.1) is 0 Å². The van der Waals surface area contributed by atoms with E-state index in [2.05, 4.69) is 19.2 Å². The highest BCUT2D eigenvalue weighted by atomic mass is 14.9. The summed E-state index contributed by atoms with van der Waals surface area (Å²) in [6.45, 7) is 8.00. The van der Waals surface area contributed by atoms with Crippen molar-refractivity contribution in [2.24, 2.45) is 17.1 Å². The second-order valence-electron chi connectivity index (χ2n) is 5.40. The van der Waals surface area contributed by atoms with E-state index in [9.17, 15) is 0 Å². The largest absolute Gasteiger partial charge is 0.330 e. The van der Waals surface area contributed by atoms with Crippen molar-refractivity contribution >= 4 is 0 Å². The summed E-state index contributed by atoms with van der Waals surface area (Å²) in [5, 5.41) is 3.62. The molecule has 0 heterocycles. The number of nitrogens with one attached hydrogen (secondary N) is 1. The van der Waals surface area contributed by atoms with Gasteiger partial charge < -0.3 is 11.1 Å². The standard InChI is InChI=1S/C13H28N2/c1-12(2)13(7-8-13)11-15-10-6-4-3-5-9-14/h12,15H,3-11,14H2,1-2H3. The minimum absolute atomic E-state index is 0.664. The van der Waals surface area contributed by atoms with Crippen LogP contribution in [-0.2, 0) is 0 Å². The summed E-state index contributed by atoms with van der Waals surface area (Å²) in [7, 11) is 0. The van der Waals surface area contributed by atoms with Crippen molar-refractivity contribution in [3.05, 3.63) is 0 Å². The van der Waals surface area contributed by atoms with Crippen molar-refractivity contribution in [3.63, 3.8) is 0 Å². The van der Waals surface area contributed by atoms with E-state index >= 15 is 0 Å². The monoisotopic (exact) mass is 212 g/mol. The molecule has 0 aromatic carbocycles. The van der Waals surface area contributed by atoms with E-state index in [4.69, 9.17) is 5.73 Å². The van der Waals surface area contributed by atoms with Crippen molar-refractivity contribution in [1.29, 1.82) is 0 Å². The van der Waals surface area contributed by atoms with Crippen molar-refractivity contribution in [2.75, 3.05) is 19.6 Å². The van der Waals surface area contributed by atoms with E-state index in [1.54, 1.807) is 0 Å². The summed E-state index contributed by atoms with van der Waals surface area (Å²) in [4.78, 5) is 0. The molecule has 1 fully saturated rings. The van der Waals surface area contributed by atoms with E-state index < -0.39 is 0 Å². The first-order valence-electron chi connectivity index (χ1n) is 6.62. The van der Waals surface area contributed by atoms with Gasteiger partial charge in [0, 0.05) is 6.54 Å². The lowest BCUT2D eigenvalue weighted by atomic mass is 9.92. The van der Waals surface area contributed by atoms with Gasteiger partial charge in [-0.1, -0.05) is 26.7 Å². The Morgan fingerprint density at radius 2 is 1.80 bits per heavy atom. The highest BCUT2D eigenvalue weighted by Crippen LogP contribution is 2.51.